The molecule has 7 heteroatoms. The predicted molar refractivity (Wildman–Crippen MR) is 59.4 cm³/mol. The number of urea groups is 1. The number of nitrogens with one attached hydrogen (secondary N) is 2. The van der Waals surface area contributed by atoms with Crippen molar-refractivity contribution < 1.29 is 24.6 Å². The van der Waals surface area contributed by atoms with E-state index in [9.17, 15) is 24.6 Å². The van der Waals surface area contributed by atoms with E-state index in [-0.39, 0.29) is 23.5 Å². The SMILES string of the molecule is O=C1NC(=O)C(=CC2=CC(O)=C(O)CC2)C(=O)N1. The number of amides is 4. The number of aliphatic hydroxyl groups is 2. The molecule has 18 heavy (non-hydrogen) atoms. The second-order valence-corrected chi connectivity index (χ2v) is 3.85. The first kappa shape index (κ1) is 11.9. The monoisotopic (exact) mass is 250 g/mol. The van der Waals surface area contributed by atoms with Crippen molar-refractivity contribution in [1.29, 1.82) is 0 Å². The van der Waals surface area contributed by atoms with Gasteiger partial charge >= 0.3 is 6.03 Å². The molecule has 0 aromatic carbocycles. The number of imide groups is 2. The Kier molecular flexibility index (Phi) is 2.88. The summed E-state index contributed by atoms with van der Waals surface area (Å²) in [4.78, 5) is 33.7. The van der Waals surface area contributed by atoms with Crippen LogP contribution in [0.15, 0.2) is 34.8 Å². The topological polar surface area (TPSA) is 116 Å². The highest BCUT2D eigenvalue weighted by Gasteiger charge is 2.28. The van der Waals surface area contributed by atoms with Crippen LogP contribution in [0.3, 0.4) is 0 Å². The van der Waals surface area contributed by atoms with Crippen LogP contribution in [-0.2, 0) is 9.59 Å². The van der Waals surface area contributed by atoms with E-state index in [1.54, 1.807) is 0 Å². The van der Waals surface area contributed by atoms with E-state index in [2.05, 4.69) is 0 Å². The third-order valence-electron chi connectivity index (χ3n) is 2.54. The minimum atomic E-state index is -0.861. The zero-order valence-corrected chi connectivity index (χ0v) is 9.19. The lowest BCUT2D eigenvalue weighted by Gasteiger charge is -2.16. The lowest BCUT2D eigenvalue weighted by molar-refractivity contribution is -0.124. The highest BCUT2D eigenvalue weighted by Crippen LogP contribution is 2.22. The average molecular weight is 250 g/mol. The molecule has 0 saturated carbocycles. The zero-order chi connectivity index (χ0) is 13.3. The average Bonchev–Trinajstić information content (AvgIpc) is 2.28. The Hall–Kier alpha value is -2.57. The molecule has 2 aliphatic rings. The van der Waals surface area contributed by atoms with E-state index in [1.165, 1.54) is 12.2 Å². The first-order valence-electron chi connectivity index (χ1n) is 5.17. The maximum Gasteiger partial charge on any atom is 0.328 e. The Bertz CT molecular complexity index is 520. The number of carbonyl (C=O) groups excluding carboxylic acids is 3. The lowest BCUT2D eigenvalue weighted by Crippen LogP contribution is -2.51. The molecule has 0 atom stereocenters. The fourth-order valence-corrected chi connectivity index (χ4v) is 1.63. The van der Waals surface area contributed by atoms with Gasteiger partial charge in [0.2, 0.25) is 0 Å². The second kappa shape index (κ2) is 4.36. The smallest absolute Gasteiger partial charge is 0.328 e. The maximum absolute atomic E-state index is 11.4. The van der Waals surface area contributed by atoms with Crippen molar-refractivity contribution in [1.82, 2.24) is 10.6 Å². The van der Waals surface area contributed by atoms with Crippen molar-refractivity contribution in [3.8, 4) is 0 Å². The summed E-state index contributed by atoms with van der Waals surface area (Å²) in [6, 6.07) is -0.861. The molecule has 94 valence electrons. The summed E-state index contributed by atoms with van der Waals surface area (Å²) in [5, 5.41) is 22.4. The van der Waals surface area contributed by atoms with Gasteiger partial charge in [0.15, 0.2) is 5.76 Å². The molecule has 1 fully saturated rings. The Morgan fingerprint density at radius 2 is 1.67 bits per heavy atom. The molecule has 0 unspecified atom stereocenters. The Labute approximate surface area is 101 Å². The van der Waals surface area contributed by atoms with Gasteiger partial charge in [0.05, 0.1) is 0 Å². The van der Waals surface area contributed by atoms with Crippen LogP contribution in [0.4, 0.5) is 4.79 Å². The molecular weight excluding hydrogens is 240 g/mol. The van der Waals surface area contributed by atoms with Gasteiger partial charge in [0, 0.05) is 6.42 Å². The van der Waals surface area contributed by atoms with Crippen LogP contribution in [0.1, 0.15) is 12.8 Å². The van der Waals surface area contributed by atoms with Crippen molar-refractivity contribution in [2.75, 3.05) is 0 Å². The van der Waals surface area contributed by atoms with Gasteiger partial charge in [-0.05, 0) is 24.1 Å². The van der Waals surface area contributed by atoms with E-state index < -0.39 is 17.8 Å². The molecular formula is C11H10N2O5. The summed E-state index contributed by atoms with van der Waals surface area (Å²) >= 11 is 0. The summed E-state index contributed by atoms with van der Waals surface area (Å²) in [5.74, 6) is -2.00. The third kappa shape index (κ3) is 2.24. The van der Waals surface area contributed by atoms with E-state index in [1.807, 2.05) is 10.6 Å². The van der Waals surface area contributed by atoms with Crippen LogP contribution in [0, 0.1) is 0 Å². The number of aliphatic hydroxyl groups excluding tert-OH is 2. The fourth-order valence-electron chi connectivity index (χ4n) is 1.63. The second-order valence-electron chi connectivity index (χ2n) is 3.85. The molecule has 0 radical (unpaired) electrons. The van der Waals surface area contributed by atoms with Gasteiger partial charge in [-0.3, -0.25) is 20.2 Å². The molecule has 4 N–H and O–H groups in total. The Morgan fingerprint density at radius 3 is 2.22 bits per heavy atom. The quantitative estimate of drug-likeness (QED) is 0.395. The number of allylic oxidation sites excluding steroid dienone is 4. The Balaban J connectivity index is 2.29. The summed E-state index contributed by atoms with van der Waals surface area (Å²) < 4.78 is 0. The summed E-state index contributed by atoms with van der Waals surface area (Å²) in [5.41, 5.74) is 0.301. The maximum atomic E-state index is 11.4. The van der Waals surface area contributed by atoms with E-state index in [0.717, 1.165) is 0 Å². The standard InChI is InChI=1S/C11H10N2O5/c14-7-2-1-5(4-8(7)15)3-6-9(16)12-11(18)13-10(6)17/h3-4,14-15H,1-2H2,(H2,12,13,16,17,18). The first-order chi connectivity index (χ1) is 8.47. The molecule has 1 heterocycles. The van der Waals surface area contributed by atoms with Crippen LogP contribution in [-0.4, -0.2) is 28.1 Å². The molecule has 0 aromatic rings. The minimum Gasteiger partial charge on any atom is -0.508 e. The summed E-state index contributed by atoms with van der Waals surface area (Å²) in [6.07, 6.45) is 3.15. The fraction of sp³-hybridized carbons (Fsp3) is 0.182. The number of rotatable bonds is 1. The Morgan fingerprint density at radius 1 is 1.06 bits per heavy atom. The van der Waals surface area contributed by atoms with Crippen LogP contribution in [0.25, 0.3) is 0 Å². The van der Waals surface area contributed by atoms with Gasteiger partial charge in [-0.1, -0.05) is 0 Å². The van der Waals surface area contributed by atoms with E-state index >= 15 is 0 Å². The molecule has 7 nitrogen and oxygen atoms in total. The number of hydrogen-bond donors (Lipinski definition) is 4. The van der Waals surface area contributed by atoms with Crippen molar-refractivity contribution in [3.05, 3.63) is 34.8 Å². The molecule has 0 bridgehead atoms. The van der Waals surface area contributed by atoms with Crippen molar-refractivity contribution in [2.24, 2.45) is 0 Å². The van der Waals surface area contributed by atoms with Gasteiger partial charge < -0.3 is 10.2 Å². The molecule has 0 aromatic heterocycles. The van der Waals surface area contributed by atoms with Gasteiger partial charge in [-0.15, -0.1) is 0 Å². The third-order valence-corrected chi connectivity index (χ3v) is 2.54. The van der Waals surface area contributed by atoms with Crippen molar-refractivity contribution in [3.63, 3.8) is 0 Å². The van der Waals surface area contributed by atoms with Crippen LogP contribution >= 0.6 is 0 Å². The van der Waals surface area contributed by atoms with Gasteiger partial charge in [-0.25, -0.2) is 4.79 Å². The molecule has 1 saturated heterocycles. The number of barbiturate groups is 1. The number of hydrogen-bond acceptors (Lipinski definition) is 5. The van der Waals surface area contributed by atoms with Crippen LogP contribution < -0.4 is 10.6 Å². The summed E-state index contributed by atoms with van der Waals surface area (Å²) in [7, 11) is 0. The predicted octanol–water partition coefficient (Wildman–Crippen LogP) is 0.327. The molecule has 1 aliphatic carbocycles. The van der Waals surface area contributed by atoms with E-state index in [0.29, 0.717) is 12.0 Å². The molecule has 4 amide bonds. The van der Waals surface area contributed by atoms with Crippen molar-refractivity contribution in [2.45, 2.75) is 12.8 Å². The zero-order valence-electron chi connectivity index (χ0n) is 9.19. The van der Waals surface area contributed by atoms with Crippen LogP contribution in [0.5, 0.6) is 0 Å². The minimum absolute atomic E-state index is 0.134. The molecule has 2 rings (SSSR count). The first-order valence-corrected chi connectivity index (χ1v) is 5.17. The largest absolute Gasteiger partial charge is 0.508 e. The van der Waals surface area contributed by atoms with Gasteiger partial charge in [0.1, 0.15) is 11.3 Å². The highest BCUT2D eigenvalue weighted by molar-refractivity contribution is 6.29. The highest BCUT2D eigenvalue weighted by atomic mass is 16.3. The van der Waals surface area contributed by atoms with Crippen LogP contribution in [0.2, 0.25) is 0 Å². The molecule has 1 aliphatic heterocycles. The number of carbonyl (C=O) groups is 3. The molecule has 0 spiro atoms. The van der Waals surface area contributed by atoms with Gasteiger partial charge in [0.25, 0.3) is 11.8 Å². The summed E-state index contributed by atoms with van der Waals surface area (Å²) in [6.45, 7) is 0. The van der Waals surface area contributed by atoms with E-state index in [4.69, 9.17) is 0 Å². The normalized spacial score (nSPS) is 20.3. The van der Waals surface area contributed by atoms with Crippen molar-refractivity contribution >= 4 is 17.8 Å². The van der Waals surface area contributed by atoms with Gasteiger partial charge in [-0.2, -0.15) is 0 Å². The lowest BCUT2D eigenvalue weighted by atomic mass is 9.99.